The molecule has 0 fully saturated rings. The maximum atomic E-state index is 5.97. The number of pyridine rings is 1. The smallest absolute Gasteiger partial charge is 0.138 e. The molecule has 184 valence electrons. The Balaban J connectivity index is 1.46. The Kier molecular flexibility index (Phi) is 8.96. The number of aromatic amines is 1. The molecule has 0 amide bonds. The van der Waals surface area contributed by atoms with Gasteiger partial charge in [0, 0.05) is 29.0 Å². The van der Waals surface area contributed by atoms with Gasteiger partial charge in [-0.25, -0.2) is 4.98 Å². The summed E-state index contributed by atoms with van der Waals surface area (Å²) < 4.78 is 5.97. The van der Waals surface area contributed by atoms with Crippen LogP contribution in [0.15, 0.2) is 60.8 Å². The van der Waals surface area contributed by atoms with E-state index < -0.39 is 0 Å². The largest absolute Gasteiger partial charge is 0.494 e. The van der Waals surface area contributed by atoms with Gasteiger partial charge in [-0.15, -0.1) is 0 Å². The third kappa shape index (κ3) is 6.52. The zero-order valence-electron chi connectivity index (χ0n) is 21.5. The van der Waals surface area contributed by atoms with Gasteiger partial charge in [0.15, 0.2) is 0 Å². The van der Waals surface area contributed by atoms with Crippen LogP contribution in [0.4, 0.5) is 0 Å². The summed E-state index contributed by atoms with van der Waals surface area (Å²) in [4.78, 5) is 10.6. The number of unbranched alkanes of at least 4 members (excludes halogenated alkanes) is 3. The molecule has 4 rings (SSSR count). The predicted octanol–water partition coefficient (Wildman–Crippen LogP) is 8.09. The summed E-state index contributed by atoms with van der Waals surface area (Å²) in [5.74, 6) is 0.932. The fraction of sp³-hybridized carbons (Fsp3) is 0.387. The van der Waals surface area contributed by atoms with Gasteiger partial charge >= 0.3 is 0 Å². The van der Waals surface area contributed by atoms with Crippen LogP contribution in [-0.4, -0.2) is 41.1 Å². The molecular weight excluding hydrogens is 430 g/mol. The number of H-pyrrole nitrogens is 1. The second-order valence-electron chi connectivity index (χ2n) is 9.20. The fourth-order valence-electron chi connectivity index (χ4n) is 4.55. The van der Waals surface area contributed by atoms with Gasteiger partial charge in [-0.05, 0) is 79.4 Å². The standard InChI is InChI=1S/C31H39N3O/c1-4-7-8-9-10-12-24-21-29-28-22-26(15-18-30(28)33-31(29)32-23-24)25-13-16-27(17-14-25)35-20-11-19-34(5-2)6-3/h10,12-18,21-23H,4-9,11,19-20H2,1-3H3,(H,32,33)/b12-10+. The van der Waals surface area contributed by atoms with Gasteiger partial charge in [-0.3, -0.25) is 0 Å². The van der Waals surface area contributed by atoms with Gasteiger partial charge in [0.1, 0.15) is 11.4 Å². The number of benzene rings is 2. The quantitative estimate of drug-likeness (QED) is 0.201. The number of allylic oxidation sites excluding steroid dienone is 1. The van der Waals surface area contributed by atoms with Crippen LogP contribution in [0.2, 0.25) is 0 Å². The number of hydrogen-bond donors (Lipinski definition) is 1. The lowest BCUT2D eigenvalue weighted by Crippen LogP contribution is -2.25. The molecular formula is C31H39N3O. The van der Waals surface area contributed by atoms with E-state index in [1.807, 2.05) is 6.20 Å². The van der Waals surface area contributed by atoms with Crippen molar-refractivity contribution in [2.75, 3.05) is 26.2 Å². The molecule has 0 saturated heterocycles. The molecule has 35 heavy (non-hydrogen) atoms. The predicted molar refractivity (Wildman–Crippen MR) is 150 cm³/mol. The molecule has 4 nitrogen and oxygen atoms in total. The van der Waals surface area contributed by atoms with Crippen molar-refractivity contribution in [2.45, 2.75) is 52.9 Å². The van der Waals surface area contributed by atoms with Gasteiger partial charge in [0.05, 0.1) is 6.61 Å². The Morgan fingerprint density at radius 3 is 2.46 bits per heavy atom. The average molecular weight is 470 g/mol. The first-order valence-corrected chi connectivity index (χ1v) is 13.3. The van der Waals surface area contributed by atoms with Crippen molar-refractivity contribution in [3.05, 3.63) is 66.4 Å². The number of fused-ring (bicyclic) bond motifs is 3. The van der Waals surface area contributed by atoms with Gasteiger partial charge in [0.2, 0.25) is 0 Å². The van der Waals surface area contributed by atoms with E-state index in [-0.39, 0.29) is 0 Å². The first kappa shape index (κ1) is 25.0. The molecule has 4 heteroatoms. The molecule has 0 aliphatic carbocycles. The summed E-state index contributed by atoms with van der Waals surface area (Å²) in [7, 11) is 0. The molecule has 0 spiro atoms. The highest BCUT2D eigenvalue weighted by Gasteiger charge is 2.08. The Hall–Kier alpha value is -3.11. The number of nitrogens with one attached hydrogen (secondary N) is 1. The molecule has 0 unspecified atom stereocenters. The molecule has 4 aromatic rings. The highest BCUT2D eigenvalue weighted by molar-refractivity contribution is 6.07. The van der Waals surface area contributed by atoms with Crippen LogP contribution in [0.5, 0.6) is 5.75 Å². The SMILES string of the molecule is CCCCC/C=C/c1cnc2[nH]c3ccc(-c4ccc(OCCCN(CC)CC)cc4)cc3c2c1. The zero-order valence-corrected chi connectivity index (χ0v) is 21.5. The minimum absolute atomic E-state index is 0.750. The van der Waals surface area contributed by atoms with Crippen molar-refractivity contribution in [1.29, 1.82) is 0 Å². The van der Waals surface area contributed by atoms with Gasteiger partial charge in [-0.1, -0.05) is 64.0 Å². The van der Waals surface area contributed by atoms with Crippen LogP contribution in [-0.2, 0) is 0 Å². The Morgan fingerprint density at radius 2 is 1.69 bits per heavy atom. The molecule has 2 aromatic carbocycles. The van der Waals surface area contributed by atoms with E-state index in [0.717, 1.165) is 61.6 Å². The Bertz CT molecular complexity index is 1240. The van der Waals surface area contributed by atoms with Crippen LogP contribution in [0.1, 0.15) is 58.4 Å². The normalized spacial score (nSPS) is 11.9. The summed E-state index contributed by atoms with van der Waals surface area (Å²) >= 11 is 0. The number of nitrogens with zero attached hydrogens (tertiary/aromatic N) is 2. The molecule has 2 heterocycles. The van der Waals surface area contributed by atoms with Crippen molar-refractivity contribution in [3.8, 4) is 16.9 Å². The van der Waals surface area contributed by atoms with E-state index in [9.17, 15) is 0 Å². The van der Waals surface area contributed by atoms with E-state index in [1.165, 1.54) is 41.2 Å². The molecule has 0 aliphatic rings. The van der Waals surface area contributed by atoms with E-state index in [2.05, 4.69) is 96.3 Å². The summed E-state index contributed by atoms with van der Waals surface area (Å²) in [6, 6.07) is 17.3. The average Bonchev–Trinajstić information content (AvgIpc) is 3.26. The van der Waals surface area contributed by atoms with Crippen LogP contribution in [0.25, 0.3) is 39.1 Å². The third-order valence-corrected chi connectivity index (χ3v) is 6.73. The van der Waals surface area contributed by atoms with Crippen molar-refractivity contribution in [1.82, 2.24) is 14.9 Å². The molecule has 0 aliphatic heterocycles. The van der Waals surface area contributed by atoms with E-state index >= 15 is 0 Å². The van der Waals surface area contributed by atoms with E-state index in [4.69, 9.17) is 4.74 Å². The summed E-state index contributed by atoms with van der Waals surface area (Å²) in [5.41, 5.74) is 5.61. The number of ether oxygens (including phenoxy) is 1. The van der Waals surface area contributed by atoms with Gasteiger partial charge < -0.3 is 14.6 Å². The van der Waals surface area contributed by atoms with Crippen LogP contribution in [0.3, 0.4) is 0 Å². The van der Waals surface area contributed by atoms with Gasteiger partial charge in [-0.2, -0.15) is 0 Å². The molecule has 2 aromatic heterocycles. The van der Waals surface area contributed by atoms with Crippen molar-refractivity contribution in [2.24, 2.45) is 0 Å². The molecule has 0 atom stereocenters. The highest BCUT2D eigenvalue weighted by atomic mass is 16.5. The fourth-order valence-corrected chi connectivity index (χ4v) is 4.55. The van der Waals surface area contributed by atoms with Crippen molar-refractivity contribution >= 4 is 28.0 Å². The minimum Gasteiger partial charge on any atom is -0.494 e. The highest BCUT2D eigenvalue weighted by Crippen LogP contribution is 2.31. The Morgan fingerprint density at radius 1 is 0.886 bits per heavy atom. The molecule has 1 N–H and O–H groups in total. The molecule has 0 bridgehead atoms. The first-order chi connectivity index (χ1) is 17.2. The second-order valence-corrected chi connectivity index (χ2v) is 9.20. The molecule has 0 radical (unpaired) electrons. The van der Waals surface area contributed by atoms with Crippen LogP contribution in [0, 0.1) is 0 Å². The molecule has 0 saturated carbocycles. The van der Waals surface area contributed by atoms with Crippen molar-refractivity contribution < 1.29 is 4.74 Å². The van der Waals surface area contributed by atoms with E-state index in [1.54, 1.807) is 0 Å². The third-order valence-electron chi connectivity index (χ3n) is 6.73. The second kappa shape index (κ2) is 12.6. The number of hydrogen-bond acceptors (Lipinski definition) is 3. The lowest BCUT2D eigenvalue weighted by atomic mass is 10.0. The lowest BCUT2D eigenvalue weighted by Gasteiger charge is -2.17. The maximum Gasteiger partial charge on any atom is 0.138 e. The maximum absolute atomic E-state index is 5.97. The summed E-state index contributed by atoms with van der Waals surface area (Å²) in [6.45, 7) is 10.7. The first-order valence-electron chi connectivity index (χ1n) is 13.3. The van der Waals surface area contributed by atoms with Crippen LogP contribution >= 0.6 is 0 Å². The minimum atomic E-state index is 0.750. The zero-order chi connectivity index (χ0) is 24.5. The monoisotopic (exact) mass is 469 g/mol. The number of aromatic nitrogens is 2. The summed E-state index contributed by atoms with van der Waals surface area (Å²) in [6.07, 6.45) is 12.4. The summed E-state index contributed by atoms with van der Waals surface area (Å²) in [5, 5.41) is 2.38. The van der Waals surface area contributed by atoms with Crippen LogP contribution < -0.4 is 4.74 Å². The van der Waals surface area contributed by atoms with Crippen molar-refractivity contribution in [3.63, 3.8) is 0 Å². The van der Waals surface area contributed by atoms with E-state index in [0.29, 0.717) is 0 Å². The lowest BCUT2D eigenvalue weighted by molar-refractivity contribution is 0.249. The Labute approximate surface area is 210 Å². The number of rotatable bonds is 13. The topological polar surface area (TPSA) is 41.1 Å². The van der Waals surface area contributed by atoms with Gasteiger partial charge in [0.25, 0.3) is 0 Å².